The van der Waals surface area contributed by atoms with Gasteiger partial charge >= 0.3 is 4.87 Å². The maximum absolute atomic E-state index is 13.1. The highest BCUT2D eigenvalue weighted by Crippen LogP contribution is 2.64. The van der Waals surface area contributed by atoms with Gasteiger partial charge in [-0.15, -0.1) is 11.8 Å². The number of amides is 1. The average Bonchev–Trinajstić information content (AvgIpc) is 3.49. The lowest BCUT2D eigenvalue weighted by Crippen LogP contribution is -2.34. The van der Waals surface area contributed by atoms with Crippen molar-refractivity contribution in [3.8, 4) is 0 Å². The molecule has 0 spiro atoms. The summed E-state index contributed by atoms with van der Waals surface area (Å²) in [6, 6.07) is 15.1. The van der Waals surface area contributed by atoms with Crippen molar-refractivity contribution in [2.45, 2.75) is 42.0 Å². The predicted octanol–water partition coefficient (Wildman–Crippen LogP) is 6.51. The molecule has 5 atom stereocenters. The molecule has 0 saturated heterocycles. The lowest BCUT2D eigenvalue weighted by Gasteiger charge is -2.40. The van der Waals surface area contributed by atoms with Crippen molar-refractivity contribution < 1.29 is 4.79 Å². The van der Waals surface area contributed by atoms with Crippen molar-refractivity contribution in [2.24, 2.45) is 17.8 Å². The molecular formula is C25H22Cl2N2O2S2. The van der Waals surface area contributed by atoms with Gasteiger partial charge in [0.1, 0.15) is 6.54 Å². The fourth-order valence-corrected chi connectivity index (χ4v) is 9.41. The number of thioether (sulfide) groups is 1. The van der Waals surface area contributed by atoms with Gasteiger partial charge in [0, 0.05) is 31.8 Å². The number of benzene rings is 2. The highest BCUT2D eigenvalue weighted by molar-refractivity contribution is 8.00. The van der Waals surface area contributed by atoms with Gasteiger partial charge in [-0.3, -0.25) is 14.2 Å². The van der Waals surface area contributed by atoms with Crippen LogP contribution in [0, 0.1) is 17.8 Å². The first-order valence-corrected chi connectivity index (χ1v) is 13.6. The summed E-state index contributed by atoms with van der Waals surface area (Å²) in [4.78, 5) is 27.0. The Morgan fingerprint density at radius 3 is 2.39 bits per heavy atom. The summed E-state index contributed by atoms with van der Waals surface area (Å²) in [5, 5.41) is 5.69. The molecule has 1 amide bonds. The summed E-state index contributed by atoms with van der Waals surface area (Å²) < 4.78 is 1.68. The number of hydrogen-bond acceptors (Lipinski definition) is 4. The van der Waals surface area contributed by atoms with E-state index in [1.807, 2.05) is 23.9 Å². The first-order chi connectivity index (χ1) is 16.0. The third-order valence-electron chi connectivity index (χ3n) is 7.35. The van der Waals surface area contributed by atoms with E-state index in [2.05, 4.69) is 17.4 Å². The fraction of sp³-hybridized carbons (Fsp3) is 0.360. The zero-order valence-corrected chi connectivity index (χ0v) is 20.8. The number of hydrogen-bond donors (Lipinski definition) is 1. The number of rotatable bonds is 4. The molecule has 170 valence electrons. The number of carbonyl (C=O) groups excluding carboxylic acids is 1. The lowest BCUT2D eigenvalue weighted by molar-refractivity contribution is -0.116. The van der Waals surface area contributed by atoms with E-state index in [1.165, 1.54) is 36.2 Å². The summed E-state index contributed by atoms with van der Waals surface area (Å²) >= 11 is 15.3. The van der Waals surface area contributed by atoms with Crippen LogP contribution >= 0.6 is 46.3 Å². The Hall–Kier alpha value is -1.73. The molecule has 4 nitrogen and oxygen atoms in total. The molecule has 1 N–H and O–H groups in total. The van der Waals surface area contributed by atoms with Crippen LogP contribution in [0.15, 0.2) is 58.4 Å². The molecule has 3 aromatic rings. The highest BCUT2D eigenvalue weighted by atomic mass is 35.5. The number of nitrogens with zero attached hydrogens (tertiary/aromatic N) is 1. The van der Waals surface area contributed by atoms with Crippen LogP contribution in [-0.2, 0) is 11.3 Å². The molecule has 2 saturated carbocycles. The Morgan fingerprint density at radius 1 is 1.00 bits per heavy atom. The third kappa shape index (κ3) is 3.85. The van der Waals surface area contributed by atoms with E-state index in [0.717, 1.165) is 14.9 Å². The monoisotopic (exact) mass is 516 g/mol. The molecule has 2 heterocycles. The second-order valence-corrected chi connectivity index (χ2v) is 12.2. The zero-order valence-electron chi connectivity index (χ0n) is 17.7. The molecule has 0 unspecified atom stereocenters. The number of carbonyl (C=O) groups is 1. The number of fused-ring (bicyclic) bond motifs is 6. The van der Waals surface area contributed by atoms with Crippen LogP contribution < -0.4 is 10.2 Å². The molecular weight excluding hydrogens is 495 g/mol. The van der Waals surface area contributed by atoms with E-state index >= 15 is 0 Å². The Bertz CT molecular complexity index is 1270. The van der Waals surface area contributed by atoms with Gasteiger partial charge < -0.3 is 5.32 Å². The van der Waals surface area contributed by atoms with Crippen LogP contribution in [0.1, 0.15) is 35.6 Å². The number of nitrogens with one attached hydrogen (secondary N) is 1. The Balaban J connectivity index is 1.36. The van der Waals surface area contributed by atoms with Crippen molar-refractivity contribution in [3.05, 3.63) is 78.7 Å². The molecule has 3 aliphatic rings. The number of aromatic nitrogens is 1. The SMILES string of the molecule is O=C(Cn1c2c(sc1=O)[C@@H](c1ccc(Cl)cc1)[C@@H]1[C@H]3CC[C@@H](C3)[C@H]1S2)Nc1ccc(Cl)cc1. The van der Waals surface area contributed by atoms with Gasteiger partial charge in [0.2, 0.25) is 5.91 Å². The molecule has 2 aliphatic carbocycles. The summed E-state index contributed by atoms with van der Waals surface area (Å²) in [5.74, 6) is 1.92. The van der Waals surface area contributed by atoms with Crippen molar-refractivity contribution in [2.75, 3.05) is 5.32 Å². The largest absolute Gasteiger partial charge is 0.325 e. The van der Waals surface area contributed by atoms with Crippen LogP contribution in [0.2, 0.25) is 10.0 Å². The van der Waals surface area contributed by atoms with Gasteiger partial charge in [-0.2, -0.15) is 0 Å². The molecule has 6 rings (SSSR count). The predicted molar refractivity (Wildman–Crippen MR) is 136 cm³/mol. The summed E-state index contributed by atoms with van der Waals surface area (Å²) in [6.45, 7) is 0.0130. The normalized spacial score (nSPS) is 27.3. The van der Waals surface area contributed by atoms with Gasteiger partial charge in [0.05, 0.1) is 5.03 Å². The topological polar surface area (TPSA) is 51.1 Å². The number of anilines is 1. The van der Waals surface area contributed by atoms with E-state index in [-0.39, 0.29) is 23.2 Å². The smallest absolute Gasteiger partial charge is 0.308 e. The summed E-state index contributed by atoms with van der Waals surface area (Å²) in [7, 11) is 0. The number of halogens is 2. The average molecular weight is 518 g/mol. The van der Waals surface area contributed by atoms with Crippen LogP contribution in [0.4, 0.5) is 5.69 Å². The van der Waals surface area contributed by atoms with Crippen molar-refractivity contribution in [1.29, 1.82) is 0 Å². The van der Waals surface area contributed by atoms with Gasteiger partial charge in [-0.25, -0.2) is 0 Å². The van der Waals surface area contributed by atoms with Gasteiger partial charge in [-0.05, 0) is 79.0 Å². The fourth-order valence-electron chi connectivity index (χ4n) is 6.01. The van der Waals surface area contributed by atoms with Gasteiger partial charge in [0.15, 0.2) is 0 Å². The molecule has 0 radical (unpaired) electrons. The standard InChI is InChI=1S/C25H22Cl2N2O2S2/c26-16-5-3-13(4-6-16)20-21-14-1-2-15(11-14)22(21)32-24-23(20)33-25(31)29(24)12-19(30)28-18-9-7-17(27)8-10-18/h3-10,14-15,20-22H,1-2,11-12H2,(H,28,30)/t14-,15-,20-,21-,22+/m0/s1. The third-order valence-corrected chi connectivity index (χ3v) is 10.7. The number of thiazole rings is 1. The zero-order chi connectivity index (χ0) is 22.7. The van der Waals surface area contributed by atoms with Crippen LogP contribution in [0.5, 0.6) is 0 Å². The summed E-state index contributed by atoms with van der Waals surface area (Å²) in [5.41, 5.74) is 1.89. The van der Waals surface area contributed by atoms with E-state index in [0.29, 0.717) is 33.7 Å². The van der Waals surface area contributed by atoms with E-state index in [4.69, 9.17) is 23.2 Å². The minimum Gasteiger partial charge on any atom is -0.325 e. The van der Waals surface area contributed by atoms with Crippen molar-refractivity contribution in [3.63, 3.8) is 0 Å². The van der Waals surface area contributed by atoms with E-state index in [1.54, 1.807) is 28.8 Å². The van der Waals surface area contributed by atoms with Crippen LogP contribution in [0.25, 0.3) is 0 Å². The molecule has 1 aromatic heterocycles. The summed E-state index contributed by atoms with van der Waals surface area (Å²) in [6.07, 6.45) is 3.83. The highest BCUT2D eigenvalue weighted by Gasteiger charge is 2.55. The van der Waals surface area contributed by atoms with Gasteiger partial charge in [0.25, 0.3) is 0 Å². The minimum absolute atomic E-state index is 0.0130. The molecule has 8 heteroatoms. The molecule has 2 bridgehead atoms. The van der Waals surface area contributed by atoms with E-state index in [9.17, 15) is 9.59 Å². The van der Waals surface area contributed by atoms with Crippen LogP contribution in [-0.4, -0.2) is 15.7 Å². The Morgan fingerprint density at radius 2 is 1.67 bits per heavy atom. The molecule has 33 heavy (non-hydrogen) atoms. The first-order valence-electron chi connectivity index (χ1n) is 11.2. The van der Waals surface area contributed by atoms with E-state index < -0.39 is 0 Å². The molecule has 2 aromatic carbocycles. The minimum atomic E-state index is -0.210. The Kier molecular flexibility index (Phi) is 5.60. The maximum Gasteiger partial charge on any atom is 0.308 e. The lowest BCUT2D eigenvalue weighted by atomic mass is 9.75. The maximum atomic E-state index is 13.1. The molecule has 2 fully saturated rings. The van der Waals surface area contributed by atoms with Gasteiger partial charge in [-0.1, -0.05) is 46.7 Å². The molecule has 1 aliphatic heterocycles. The first kappa shape index (κ1) is 21.8. The second kappa shape index (κ2) is 8.49. The van der Waals surface area contributed by atoms with Crippen LogP contribution in [0.3, 0.4) is 0 Å². The quantitative estimate of drug-likeness (QED) is 0.430. The van der Waals surface area contributed by atoms with Crippen molar-refractivity contribution in [1.82, 2.24) is 4.57 Å². The Labute approximate surface area is 210 Å². The van der Waals surface area contributed by atoms with Crippen molar-refractivity contribution >= 4 is 57.9 Å². The second-order valence-electron chi connectivity index (χ2n) is 9.20.